The summed E-state index contributed by atoms with van der Waals surface area (Å²) in [7, 11) is -1.84. The van der Waals surface area contributed by atoms with Gasteiger partial charge >= 0.3 is 0 Å². The Labute approximate surface area is 173 Å². The number of carbonyl (C=O) groups is 1. The Bertz CT molecular complexity index is 909. The zero-order valence-corrected chi connectivity index (χ0v) is 18.5. The maximum Gasteiger partial charge on any atom is 0.261 e. The van der Waals surface area contributed by atoms with Crippen molar-refractivity contribution in [1.29, 1.82) is 0 Å². The summed E-state index contributed by atoms with van der Waals surface area (Å²) in [5.74, 6) is 0.328. The third-order valence-electron chi connectivity index (χ3n) is 4.89. The zero-order valence-electron chi connectivity index (χ0n) is 17.7. The Kier molecular flexibility index (Phi) is 7.67. The Hall–Kier alpha value is -2.54. The van der Waals surface area contributed by atoms with Crippen LogP contribution in [0.5, 0.6) is 5.75 Å². The number of anilines is 1. The lowest BCUT2D eigenvalue weighted by Gasteiger charge is -2.21. The summed E-state index contributed by atoms with van der Waals surface area (Å²) in [5.41, 5.74) is 2.83. The summed E-state index contributed by atoms with van der Waals surface area (Å²) < 4.78 is 30.3. The number of amides is 1. The summed E-state index contributed by atoms with van der Waals surface area (Å²) >= 11 is 0. The summed E-state index contributed by atoms with van der Waals surface area (Å²) in [4.78, 5) is 12.7. The molecule has 0 unspecified atom stereocenters. The van der Waals surface area contributed by atoms with E-state index in [1.54, 1.807) is 24.3 Å². The Morgan fingerprint density at radius 3 is 2.14 bits per heavy atom. The van der Waals surface area contributed by atoms with Crippen LogP contribution in [0.3, 0.4) is 0 Å². The minimum atomic E-state index is -3.33. The summed E-state index contributed by atoms with van der Waals surface area (Å²) in [6, 6.07) is 14.7. The van der Waals surface area contributed by atoms with E-state index in [-0.39, 0.29) is 11.9 Å². The second-order valence-corrected chi connectivity index (χ2v) is 9.08. The van der Waals surface area contributed by atoms with Gasteiger partial charge in [0.05, 0.1) is 18.0 Å². The van der Waals surface area contributed by atoms with Gasteiger partial charge in [0.25, 0.3) is 5.91 Å². The maximum atomic E-state index is 12.7. The van der Waals surface area contributed by atoms with Gasteiger partial charge in [-0.3, -0.25) is 9.10 Å². The van der Waals surface area contributed by atoms with Crippen molar-refractivity contribution in [2.75, 3.05) is 17.6 Å². The molecule has 0 fully saturated rings. The molecule has 1 amide bonds. The van der Waals surface area contributed by atoms with Gasteiger partial charge in [0, 0.05) is 7.05 Å². The van der Waals surface area contributed by atoms with Gasteiger partial charge in [-0.1, -0.05) is 38.1 Å². The van der Waals surface area contributed by atoms with Crippen LogP contribution in [0, 0.1) is 0 Å². The van der Waals surface area contributed by atoms with E-state index in [0.29, 0.717) is 17.9 Å². The number of hydrogen-bond donors (Lipinski definition) is 1. The molecular formula is C22H30N2O4S. The van der Waals surface area contributed by atoms with Crippen molar-refractivity contribution in [3.05, 3.63) is 59.7 Å². The minimum absolute atomic E-state index is 0.128. The number of nitrogens with one attached hydrogen (secondary N) is 1. The molecule has 0 saturated heterocycles. The summed E-state index contributed by atoms with van der Waals surface area (Å²) in [6.07, 6.45) is 2.00. The third kappa shape index (κ3) is 6.22. The van der Waals surface area contributed by atoms with E-state index in [4.69, 9.17) is 4.74 Å². The lowest BCUT2D eigenvalue weighted by Crippen LogP contribution is -2.39. The van der Waals surface area contributed by atoms with Crippen LogP contribution >= 0.6 is 0 Å². The average Bonchev–Trinajstić information content (AvgIpc) is 2.71. The van der Waals surface area contributed by atoms with Crippen LogP contribution in [0.4, 0.5) is 5.69 Å². The van der Waals surface area contributed by atoms with E-state index in [1.165, 1.54) is 16.9 Å². The van der Waals surface area contributed by atoms with Crippen LogP contribution in [-0.2, 0) is 21.2 Å². The maximum absolute atomic E-state index is 12.7. The number of ether oxygens (including phenoxy) is 1. The van der Waals surface area contributed by atoms with Gasteiger partial charge < -0.3 is 10.1 Å². The highest BCUT2D eigenvalue weighted by Crippen LogP contribution is 2.22. The minimum Gasteiger partial charge on any atom is -0.481 e. The number of aryl methyl sites for hydroxylation is 1. The molecule has 7 heteroatoms. The molecule has 0 saturated carbocycles. The molecule has 158 valence electrons. The highest BCUT2D eigenvalue weighted by molar-refractivity contribution is 7.92. The van der Waals surface area contributed by atoms with Crippen molar-refractivity contribution in [2.45, 2.75) is 45.8 Å². The molecule has 0 radical (unpaired) electrons. The lowest BCUT2D eigenvalue weighted by atomic mass is 10.0. The quantitative estimate of drug-likeness (QED) is 0.674. The van der Waals surface area contributed by atoms with Crippen LogP contribution in [0.25, 0.3) is 0 Å². The van der Waals surface area contributed by atoms with E-state index in [0.717, 1.165) is 18.2 Å². The van der Waals surface area contributed by atoms with Gasteiger partial charge in [-0.15, -0.1) is 0 Å². The normalized spacial score (nSPS) is 13.4. The number of hydrogen-bond acceptors (Lipinski definition) is 4. The summed E-state index contributed by atoms with van der Waals surface area (Å²) in [5, 5.41) is 3.00. The van der Waals surface area contributed by atoms with Crippen molar-refractivity contribution in [3.8, 4) is 5.75 Å². The molecule has 1 N–H and O–H groups in total. The first-order valence-corrected chi connectivity index (χ1v) is 11.6. The van der Waals surface area contributed by atoms with Crippen LogP contribution in [0.15, 0.2) is 48.5 Å². The zero-order chi connectivity index (χ0) is 21.6. The van der Waals surface area contributed by atoms with E-state index < -0.39 is 16.1 Å². The SMILES string of the molecule is CCc1ccc([C@@H](C)NC(=O)[C@@H](CC)Oc2ccc(N(C)S(C)(=O)=O)cc2)cc1. The van der Waals surface area contributed by atoms with E-state index >= 15 is 0 Å². The third-order valence-corrected chi connectivity index (χ3v) is 6.09. The Morgan fingerprint density at radius 2 is 1.66 bits per heavy atom. The Balaban J connectivity index is 2.02. The van der Waals surface area contributed by atoms with Gasteiger partial charge in [0.1, 0.15) is 5.75 Å². The molecule has 2 atom stereocenters. The summed E-state index contributed by atoms with van der Waals surface area (Å²) in [6.45, 7) is 5.94. The fraction of sp³-hybridized carbons (Fsp3) is 0.409. The second-order valence-electron chi connectivity index (χ2n) is 7.06. The molecule has 0 aromatic heterocycles. The van der Waals surface area contributed by atoms with Crippen molar-refractivity contribution in [1.82, 2.24) is 5.32 Å². The van der Waals surface area contributed by atoms with Gasteiger partial charge in [-0.25, -0.2) is 8.42 Å². The number of nitrogens with zero attached hydrogens (tertiary/aromatic N) is 1. The standard InChI is InChI=1S/C22H30N2O4S/c1-6-17-8-10-18(11-9-17)16(3)23-22(25)21(7-2)28-20-14-12-19(13-15-20)24(4)29(5,26)27/h8-16,21H,6-7H2,1-5H3,(H,23,25)/t16-,21-/m1/s1. The average molecular weight is 419 g/mol. The van der Waals surface area contributed by atoms with E-state index in [2.05, 4.69) is 24.4 Å². The number of carbonyl (C=O) groups excluding carboxylic acids is 1. The Morgan fingerprint density at radius 1 is 1.07 bits per heavy atom. The fourth-order valence-electron chi connectivity index (χ4n) is 2.84. The monoisotopic (exact) mass is 418 g/mol. The molecular weight excluding hydrogens is 388 g/mol. The van der Waals surface area contributed by atoms with Gasteiger partial charge in [0.2, 0.25) is 10.0 Å². The van der Waals surface area contributed by atoms with Crippen molar-refractivity contribution < 1.29 is 17.9 Å². The molecule has 0 aliphatic rings. The molecule has 0 bridgehead atoms. The molecule has 0 aliphatic carbocycles. The second kappa shape index (κ2) is 9.78. The van der Waals surface area contributed by atoms with Gasteiger partial charge in [0.15, 0.2) is 6.10 Å². The molecule has 2 rings (SSSR count). The van der Waals surface area contributed by atoms with Gasteiger partial charge in [-0.05, 0) is 55.2 Å². The van der Waals surface area contributed by atoms with E-state index in [1.807, 2.05) is 26.0 Å². The van der Waals surface area contributed by atoms with Crippen LogP contribution in [0.2, 0.25) is 0 Å². The predicted molar refractivity (Wildman–Crippen MR) is 117 cm³/mol. The molecule has 0 heterocycles. The molecule has 0 aliphatic heterocycles. The molecule has 0 spiro atoms. The number of rotatable bonds is 9. The van der Waals surface area contributed by atoms with Crippen molar-refractivity contribution in [2.24, 2.45) is 0 Å². The van der Waals surface area contributed by atoms with Crippen LogP contribution in [-0.4, -0.2) is 33.7 Å². The smallest absolute Gasteiger partial charge is 0.261 e. The fourth-order valence-corrected chi connectivity index (χ4v) is 3.35. The number of benzene rings is 2. The predicted octanol–water partition coefficient (Wildman–Crippen LogP) is 3.68. The van der Waals surface area contributed by atoms with Crippen LogP contribution in [0.1, 0.15) is 44.4 Å². The van der Waals surface area contributed by atoms with E-state index in [9.17, 15) is 13.2 Å². The largest absolute Gasteiger partial charge is 0.481 e. The lowest BCUT2D eigenvalue weighted by molar-refractivity contribution is -0.128. The topological polar surface area (TPSA) is 75.7 Å². The van der Waals surface area contributed by atoms with Crippen molar-refractivity contribution in [3.63, 3.8) is 0 Å². The number of sulfonamides is 1. The van der Waals surface area contributed by atoms with Gasteiger partial charge in [-0.2, -0.15) is 0 Å². The molecule has 29 heavy (non-hydrogen) atoms. The highest BCUT2D eigenvalue weighted by Gasteiger charge is 2.21. The first-order valence-electron chi connectivity index (χ1n) is 9.75. The molecule has 2 aromatic carbocycles. The van der Waals surface area contributed by atoms with Crippen molar-refractivity contribution >= 4 is 21.6 Å². The first-order chi connectivity index (χ1) is 13.7. The highest BCUT2D eigenvalue weighted by atomic mass is 32.2. The molecule has 6 nitrogen and oxygen atoms in total. The van der Waals surface area contributed by atoms with Crippen LogP contribution < -0.4 is 14.4 Å². The molecule has 2 aromatic rings. The first kappa shape index (κ1) is 22.7.